The summed E-state index contributed by atoms with van der Waals surface area (Å²) in [7, 11) is 0. The zero-order chi connectivity index (χ0) is 14.7. The molecule has 0 amide bonds. The van der Waals surface area contributed by atoms with Crippen molar-refractivity contribution in [3.05, 3.63) is 12.2 Å². The number of fused-ring (bicyclic) bond motifs is 1. The summed E-state index contributed by atoms with van der Waals surface area (Å²) in [6.07, 6.45) is 9.25. The highest BCUT2D eigenvalue weighted by Gasteiger charge is 2.43. The van der Waals surface area contributed by atoms with Crippen LogP contribution in [0.15, 0.2) is 12.2 Å². The van der Waals surface area contributed by atoms with E-state index in [-0.39, 0.29) is 35.7 Å². The predicted molar refractivity (Wildman–Crippen MR) is 78.0 cm³/mol. The number of carbonyl (C=O) groups excluding carboxylic acids is 2. The second-order valence-electron chi connectivity index (χ2n) is 6.41. The molecular weight excluding hydrogens is 252 g/mol. The van der Waals surface area contributed by atoms with E-state index in [0.717, 1.165) is 32.0 Å². The molecule has 0 bridgehead atoms. The second-order valence-corrected chi connectivity index (χ2v) is 6.41. The maximum atomic E-state index is 12.1. The lowest BCUT2D eigenvalue weighted by Gasteiger charge is -2.43. The molecule has 0 aromatic rings. The largest absolute Gasteiger partial charge is 0.462 e. The monoisotopic (exact) mass is 278 g/mol. The van der Waals surface area contributed by atoms with E-state index >= 15 is 0 Å². The number of rotatable bonds is 4. The minimum Gasteiger partial charge on any atom is -0.462 e. The lowest BCUT2D eigenvalue weighted by Crippen LogP contribution is -2.44. The standard InChI is InChI=1S/C17H26O3/c1-4-11(2)17(19)20-15-7-5-6-13-9-8-12(3)14(10-18)16(13)15/h8-16H,4-7H2,1-3H3/t11-,12?,13?,14?,15?,16?/m0/s1. The summed E-state index contributed by atoms with van der Waals surface area (Å²) in [5.74, 6) is 0.641. The molecule has 0 radical (unpaired) electrons. The van der Waals surface area contributed by atoms with Crippen molar-refractivity contribution in [2.24, 2.45) is 29.6 Å². The Morgan fingerprint density at radius 3 is 2.80 bits per heavy atom. The first-order valence-corrected chi connectivity index (χ1v) is 7.92. The Morgan fingerprint density at radius 1 is 1.40 bits per heavy atom. The van der Waals surface area contributed by atoms with E-state index in [4.69, 9.17) is 4.74 Å². The minimum atomic E-state index is -0.106. The highest BCUT2D eigenvalue weighted by Crippen LogP contribution is 2.43. The molecular formula is C17H26O3. The van der Waals surface area contributed by atoms with Crippen LogP contribution in [-0.2, 0) is 14.3 Å². The van der Waals surface area contributed by atoms with Crippen molar-refractivity contribution in [1.29, 1.82) is 0 Å². The van der Waals surface area contributed by atoms with Crippen LogP contribution in [0.3, 0.4) is 0 Å². The summed E-state index contributed by atoms with van der Waals surface area (Å²) in [6, 6.07) is 0. The van der Waals surface area contributed by atoms with Gasteiger partial charge in [-0.1, -0.05) is 32.9 Å². The molecule has 2 aliphatic rings. The molecule has 0 aromatic carbocycles. The maximum absolute atomic E-state index is 12.1. The van der Waals surface area contributed by atoms with Crippen molar-refractivity contribution in [1.82, 2.24) is 0 Å². The van der Waals surface area contributed by atoms with E-state index in [1.807, 2.05) is 13.8 Å². The van der Waals surface area contributed by atoms with Crippen LogP contribution in [0.1, 0.15) is 46.5 Å². The Kier molecular flexibility index (Phi) is 5.00. The van der Waals surface area contributed by atoms with E-state index in [2.05, 4.69) is 19.1 Å². The first-order valence-electron chi connectivity index (χ1n) is 7.92. The van der Waals surface area contributed by atoms with Crippen molar-refractivity contribution in [2.75, 3.05) is 0 Å². The van der Waals surface area contributed by atoms with Crippen LogP contribution >= 0.6 is 0 Å². The third kappa shape index (κ3) is 2.97. The van der Waals surface area contributed by atoms with Gasteiger partial charge in [-0.15, -0.1) is 0 Å². The first-order chi connectivity index (χ1) is 9.58. The van der Waals surface area contributed by atoms with Gasteiger partial charge in [-0.25, -0.2) is 0 Å². The van der Waals surface area contributed by atoms with Crippen molar-refractivity contribution >= 4 is 12.3 Å². The third-order valence-electron chi connectivity index (χ3n) is 5.10. The van der Waals surface area contributed by atoms with Gasteiger partial charge in [0.2, 0.25) is 0 Å². The molecule has 1 fully saturated rings. The third-order valence-corrected chi connectivity index (χ3v) is 5.10. The van der Waals surface area contributed by atoms with E-state index in [1.165, 1.54) is 0 Å². The number of hydrogen-bond donors (Lipinski definition) is 0. The summed E-state index contributed by atoms with van der Waals surface area (Å²) < 4.78 is 5.76. The molecule has 1 saturated carbocycles. The summed E-state index contributed by atoms with van der Waals surface area (Å²) in [5.41, 5.74) is 0. The number of aldehydes is 1. The fourth-order valence-electron chi connectivity index (χ4n) is 3.55. The fourth-order valence-corrected chi connectivity index (χ4v) is 3.55. The molecule has 3 heteroatoms. The Labute approximate surface area is 121 Å². The van der Waals surface area contributed by atoms with Gasteiger partial charge in [0, 0.05) is 11.8 Å². The number of carbonyl (C=O) groups is 2. The Balaban J connectivity index is 2.14. The number of hydrogen-bond acceptors (Lipinski definition) is 3. The van der Waals surface area contributed by atoms with Gasteiger partial charge in [0.15, 0.2) is 0 Å². The zero-order valence-electron chi connectivity index (χ0n) is 12.7. The molecule has 0 aromatic heterocycles. The minimum absolute atomic E-state index is 0.0139. The first kappa shape index (κ1) is 15.3. The van der Waals surface area contributed by atoms with Gasteiger partial charge in [-0.3, -0.25) is 4.79 Å². The van der Waals surface area contributed by atoms with Gasteiger partial charge in [0.1, 0.15) is 12.4 Å². The topological polar surface area (TPSA) is 43.4 Å². The molecule has 0 spiro atoms. The van der Waals surface area contributed by atoms with Gasteiger partial charge in [-0.05, 0) is 37.5 Å². The molecule has 0 aliphatic heterocycles. The van der Waals surface area contributed by atoms with Gasteiger partial charge in [-0.2, -0.15) is 0 Å². The molecule has 112 valence electrons. The van der Waals surface area contributed by atoms with Crippen LogP contribution in [0.4, 0.5) is 0 Å². The van der Waals surface area contributed by atoms with Crippen LogP contribution in [-0.4, -0.2) is 18.4 Å². The molecule has 3 nitrogen and oxygen atoms in total. The average molecular weight is 278 g/mol. The van der Waals surface area contributed by atoms with E-state index in [1.54, 1.807) is 0 Å². The van der Waals surface area contributed by atoms with E-state index in [9.17, 15) is 9.59 Å². The van der Waals surface area contributed by atoms with Crippen molar-refractivity contribution in [2.45, 2.75) is 52.6 Å². The Morgan fingerprint density at radius 2 is 2.15 bits per heavy atom. The molecule has 5 unspecified atom stereocenters. The summed E-state index contributed by atoms with van der Waals surface area (Å²) in [6.45, 7) is 5.98. The van der Waals surface area contributed by atoms with E-state index in [0.29, 0.717) is 5.92 Å². The quantitative estimate of drug-likeness (QED) is 0.450. The molecule has 20 heavy (non-hydrogen) atoms. The number of allylic oxidation sites excluding steroid dienone is 2. The maximum Gasteiger partial charge on any atom is 0.308 e. The van der Waals surface area contributed by atoms with Crippen LogP contribution in [0.5, 0.6) is 0 Å². The SMILES string of the molecule is CC[C@H](C)C(=O)OC1CCCC2C=CC(C)C(C=O)C21. The highest BCUT2D eigenvalue weighted by atomic mass is 16.5. The Hall–Kier alpha value is -1.12. The lowest BCUT2D eigenvalue weighted by molar-refractivity contribution is -0.162. The van der Waals surface area contributed by atoms with Gasteiger partial charge in [0.05, 0.1) is 5.92 Å². The lowest BCUT2D eigenvalue weighted by atomic mass is 9.64. The molecule has 0 N–H and O–H groups in total. The summed E-state index contributed by atoms with van der Waals surface area (Å²) >= 11 is 0. The summed E-state index contributed by atoms with van der Waals surface area (Å²) in [4.78, 5) is 23.5. The fraction of sp³-hybridized carbons (Fsp3) is 0.765. The van der Waals surface area contributed by atoms with Crippen LogP contribution < -0.4 is 0 Å². The van der Waals surface area contributed by atoms with Crippen molar-refractivity contribution < 1.29 is 14.3 Å². The molecule has 2 rings (SSSR count). The predicted octanol–water partition coefficient (Wildman–Crippen LogP) is 3.38. The van der Waals surface area contributed by atoms with Gasteiger partial charge in [0.25, 0.3) is 0 Å². The second kappa shape index (κ2) is 6.55. The number of esters is 1. The van der Waals surface area contributed by atoms with Crippen molar-refractivity contribution in [3.63, 3.8) is 0 Å². The van der Waals surface area contributed by atoms with Crippen molar-refractivity contribution in [3.8, 4) is 0 Å². The van der Waals surface area contributed by atoms with Gasteiger partial charge < -0.3 is 9.53 Å². The molecule has 0 saturated heterocycles. The van der Waals surface area contributed by atoms with Crippen LogP contribution in [0.2, 0.25) is 0 Å². The van der Waals surface area contributed by atoms with Crippen LogP contribution in [0.25, 0.3) is 0 Å². The normalized spacial score (nSPS) is 37.9. The summed E-state index contributed by atoms with van der Waals surface area (Å²) in [5, 5.41) is 0. The average Bonchev–Trinajstić information content (AvgIpc) is 2.46. The zero-order valence-corrected chi connectivity index (χ0v) is 12.7. The Bertz CT molecular complexity index is 388. The van der Waals surface area contributed by atoms with Crippen LogP contribution in [0, 0.1) is 29.6 Å². The smallest absolute Gasteiger partial charge is 0.308 e. The highest BCUT2D eigenvalue weighted by molar-refractivity contribution is 5.72. The molecule has 2 aliphatic carbocycles. The van der Waals surface area contributed by atoms with E-state index < -0.39 is 0 Å². The number of ether oxygens (including phenoxy) is 1. The molecule has 6 atom stereocenters. The van der Waals surface area contributed by atoms with Gasteiger partial charge >= 0.3 is 5.97 Å². The molecule has 0 heterocycles.